The van der Waals surface area contributed by atoms with E-state index in [2.05, 4.69) is 5.32 Å². The third kappa shape index (κ3) is 4.34. The van der Waals surface area contributed by atoms with Gasteiger partial charge in [0, 0.05) is 27.2 Å². The first kappa shape index (κ1) is 17.3. The van der Waals surface area contributed by atoms with Gasteiger partial charge in [-0.2, -0.15) is 0 Å². The zero-order valence-electron chi connectivity index (χ0n) is 13.0. The molecule has 2 N–H and O–H groups in total. The zero-order valence-corrected chi connectivity index (χ0v) is 13.0. The molecule has 0 bridgehead atoms. The maximum absolute atomic E-state index is 12.2. The van der Waals surface area contributed by atoms with Gasteiger partial charge in [-0.25, -0.2) is 4.79 Å². The van der Waals surface area contributed by atoms with Gasteiger partial charge in [-0.1, -0.05) is 13.3 Å². The molecule has 0 radical (unpaired) electrons. The summed E-state index contributed by atoms with van der Waals surface area (Å²) in [5, 5.41) is 11.9. The average molecular weight is 299 g/mol. The van der Waals surface area contributed by atoms with E-state index in [4.69, 9.17) is 0 Å². The molecule has 1 saturated carbocycles. The predicted molar refractivity (Wildman–Crippen MR) is 77.9 cm³/mol. The molecule has 120 valence electrons. The van der Waals surface area contributed by atoms with Crippen molar-refractivity contribution in [2.24, 2.45) is 5.41 Å². The highest BCUT2D eigenvalue weighted by molar-refractivity contribution is 5.84. The highest BCUT2D eigenvalue weighted by Gasteiger charge is 2.44. The van der Waals surface area contributed by atoms with E-state index in [-0.39, 0.29) is 25.0 Å². The molecule has 3 amide bonds. The van der Waals surface area contributed by atoms with E-state index in [1.165, 1.54) is 9.80 Å². The monoisotopic (exact) mass is 299 g/mol. The number of carboxylic acid groups (broad SMARTS) is 1. The Labute approximate surface area is 125 Å². The molecule has 0 aromatic carbocycles. The molecule has 21 heavy (non-hydrogen) atoms. The van der Waals surface area contributed by atoms with Crippen LogP contribution in [0.2, 0.25) is 0 Å². The molecule has 7 heteroatoms. The van der Waals surface area contributed by atoms with Crippen LogP contribution in [-0.2, 0) is 9.59 Å². The topological polar surface area (TPSA) is 90.0 Å². The summed E-state index contributed by atoms with van der Waals surface area (Å²) in [6.45, 7) is 2.51. The first-order chi connectivity index (χ1) is 9.82. The standard InChI is InChI=1S/C14H25N3O4/c1-4-8-17(9-11(18)16(2)3)13(21)15-10-14(12(19)20)6-5-7-14/h4-10H2,1-3H3,(H,15,21)(H,19,20). The zero-order chi connectivity index (χ0) is 16.0. The molecule has 0 aromatic heterocycles. The Balaban J connectivity index is 2.56. The number of hydrogen-bond acceptors (Lipinski definition) is 3. The Morgan fingerprint density at radius 1 is 1.24 bits per heavy atom. The molecular formula is C14H25N3O4. The smallest absolute Gasteiger partial charge is 0.317 e. The number of nitrogens with one attached hydrogen (secondary N) is 1. The highest BCUT2D eigenvalue weighted by atomic mass is 16.4. The number of urea groups is 1. The first-order valence-electron chi connectivity index (χ1n) is 7.28. The van der Waals surface area contributed by atoms with Crippen LogP contribution >= 0.6 is 0 Å². The molecule has 0 spiro atoms. The number of likely N-dealkylation sites (N-methyl/N-ethyl adjacent to an activating group) is 1. The minimum Gasteiger partial charge on any atom is -0.481 e. The van der Waals surface area contributed by atoms with Crippen LogP contribution in [0.5, 0.6) is 0 Å². The van der Waals surface area contributed by atoms with E-state index in [1.54, 1.807) is 14.1 Å². The number of amides is 3. The van der Waals surface area contributed by atoms with Gasteiger partial charge < -0.3 is 20.2 Å². The Kier molecular flexibility index (Phi) is 5.99. The second-order valence-electron chi connectivity index (χ2n) is 5.81. The third-order valence-electron chi connectivity index (χ3n) is 3.95. The number of nitrogens with zero attached hydrogens (tertiary/aromatic N) is 2. The Morgan fingerprint density at radius 3 is 2.24 bits per heavy atom. The summed E-state index contributed by atoms with van der Waals surface area (Å²) >= 11 is 0. The van der Waals surface area contributed by atoms with Crippen molar-refractivity contribution < 1.29 is 19.5 Å². The van der Waals surface area contributed by atoms with Gasteiger partial charge in [0.05, 0.1) is 5.41 Å². The maximum atomic E-state index is 12.2. The molecular weight excluding hydrogens is 274 g/mol. The Bertz CT molecular complexity index is 405. The van der Waals surface area contributed by atoms with E-state index >= 15 is 0 Å². The number of carboxylic acids is 1. The first-order valence-corrected chi connectivity index (χ1v) is 7.28. The van der Waals surface area contributed by atoms with Crippen molar-refractivity contribution in [3.8, 4) is 0 Å². The fraction of sp³-hybridized carbons (Fsp3) is 0.786. The largest absolute Gasteiger partial charge is 0.481 e. The molecule has 1 rings (SSSR count). The van der Waals surface area contributed by atoms with Crippen LogP contribution < -0.4 is 5.32 Å². The van der Waals surface area contributed by atoms with Gasteiger partial charge in [0.25, 0.3) is 0 Å². The molecule has 1 aliphatic carbocycles. The lowest BCUT2D eigenvalue weighted by atomic mass is 9.69. The number of carbonyl (C=O) groups is 3. The van der Waals surface area contributed by atoms with E-state index in [0.29, 0.717) is 19.4 Å². The minimum atomic E-state index is -0.861. The van der Waals surface area contributed by atoms with Crippen LogP contribution in [0.15, 0.2) is 0 Å². The van der Waals surface area contributed by atoms with E-state index < -0.39 is 11.4 Å². The lowest BCUT2D eigenvalue weighted by Crippen LogP contribution is -2.52. The third-order valence-corrected chi connectivity index (χ3v) is 3.95. The summed E-state index contributed by atoms with van der Waals surface area (Å²) in [5.74, 6) is -1.02. The molecule has 7 nitrogen and oxygen atoms in total. The molecule has 0 heterocycles. The Hall–Kier alpha value is -1.79. The minimum absolute atomic E-state index is 0.00669. The van der Waals surface area contributed by atoms with Crippen LogP contribution in [0, 0.1) is 5.41 Å². The van der Waals surface area contributed by atoms with E-state index in [9.17, 15) is 19.5 Å². The lowest BCUT2D eigenvalue weighted by molar-refractivity contribution is -0.153. The van der Waals surface area contributed by atoms with Crippen molar-refractivity contribution in [3.63, 3.8) is 0 Å². The van der Waals surface area contributed by atoms with Crippen molar-refractivity contribution in [3.05, 3.63) is 0 Å². The lowest BCUT2D eigenvalue weighted by Gasteiger charge is -2.38. The fourth-order valence-electron chi connectivity index (χ4n) is 2.25. The summed E-state index contributed by atoms with van der Waals surface area (Å²) in [5.41, 5.74) is -0.820. The van der Waals surface area contributed by atoms with Crippen molar-refractivity contribution in [2.75, 3.05) is 33.7 Å². The second-order valence-corrected chi connectivity index (χ2v) is 5.81. The number of hydrogen-bond donors (Lipinski definition) is 2. The molecule has 0 atom stereocenters. The van der Waals surface area contributed by atoms with Gasteiger partial charge in [-0.15, -0.1) is 0 Å². The van der Waals surface area contributed by atoms with Crippen LogP contribution in [0.4, 0.5) is 4.79 Å². The molecule has 0 aliphatic heterocycles. The summed E-state index contributed by atoms with van der Waals surface area (Å²) < 4.78 is 0. The molecule has 1 fully saturated rings. The van der Waals surface area contributed by atoms with Gasteiger partial charge in [0.1, 0.15) is 6.54 Å². The number of aliphatic carboxylic acids is 1. The molecule has 0 unspecified atom stereocenters. The van der Waals surface area contributed by atoms with Gasteiger partial charge in [0.2, 0.25) is 5.91 Å². The quantitative estimate of drug-likeness (QED) is 0.726. The maximum Gasteiger partial charge on any atom is 0.317 e. The van der Waals surface area contributed by atoms with E-state index in [0.717, 1.165) is 12.8 Å². The SMILES string of the molecule is CCCN(CC(=O)N(C)C)C(=O)NCC1(C(=O)O)CCC1. The van der Waals surface area contributed by atoms with Crippen LogP contribution in [0.1, 0.15) is 32.6 Å². The van der Waals surface area contributed by atoms with Crippen LogP contribution in [0.3, 0.4) is 0 Å². The van der Waals surface area contributed by atoms with Crippen molar-refractivity contribution >= 4 is 17.9 Å². The predicted octanol–water partition coefficient (Wildman–Crippen LogP) is 0.751. The van der Waals surface area contributed by atoms with Gasteiger partial charge in [0.15, 0.2) is 0 Å². The molecule has 0 aromatic rings. The van der Waals surface area contributed by atoms with Crippen molar-refractivity contribution in [1.29, 1.82) is 0 Å². The summed E-state index contributed by atoms with van der Waals surface area (Å²) in [6.07, 6.45) is 2.79. The van der Waals surface area contributed by atoms with Gasteiger partial charge in [-0.05, 0) is 19.3 Å². The van der Waals surface area contributed by atoms with Crippen molar-refractivity contribution in [2.45, 2.75) is 32.6 Å². The molecule has 0 saturated heterocycles. The summed E-state index contributed by atoms with van der Waals surface area (Å²) in [4.78, 5) is 38.0. The summed E-state index contributed by atoms with van der Waals surface area (Å²) in [6, 6.07) is -0.375. The second kappa shape index (κ2) is 7.28. The Morgan fingerprint density at radius 2 is 1.86 bits per heavy atom. The van der Waals surface area contributed by atoms with Crippen LogP contribution in [0.25, 0.3) is 0 Å². The summed E-state index contributed by atoms with van der Waals surface area (Å²) in [7, 11) is 3.27. The average Bonchev–Trinajstić information content (AvgIpc) is 2.35. The van der Waals surface area contributed by atoms with Gasteiger partial charge in [-0.3, -0.25) is 9.59 Å². The fourth-order valence-corrected chi connectivity index (χ4v) is 2.25. The molecule has 1 aliphatic rings. The van der Waals surface area contributed by atoms with E-state index in [1.807, 2.05) is 6.92 Å². The van der Waals surface area contributed by atoms with Gasteiger partial charge >= 0.3 is 12.0 Å². The van der Waals surface area contributed by atoms with Crippen LogP contribution in [-0.4, -0.2) is 66.5 Å². The number of carbonyl (C=O) groups excluding carboxylic acids is 2. The normalized spacial score (nSPS) is 15.8. The highest BCUT2D eigenvalue weighted by Crippen LogP contribution is 2.40. The number of rotatable bonds is 7. The van der Waals surface area contributed by atoms with Crippen molar-refractivity contribution in [1.82, 2.24) is 15.1 Å².